The Labute approximate surface area is 158 Å². The molecule has 1 N–H and O–H groups in total. The van der Waals surface area contributed by atoms with Crippen LogP contribution in [0.25, 0.3) is 11.5 Å². The zero-order chi connectivity index (χ0) is 18.4. The Morgan fingerprint density at radius 3 is 2.54 bits per heavy atom. The second-order valence-electron chi connectivity index (χ2n) is 6.08. The normalized spacial score (nSPS) is 10.7. The van der Waals surface area contributed by atoms with Crippen molar-refractivity contribution in [2.45, 2.75) is 25.2 Å². The van der Waals surface area contributed by atoms with Crippen LogP contribution in [0.3, 0.4) is 0 Å². The number of aromatic nitrogens is 1. The minimum absolute atomic E-state index is 0.0366. The van der Waals surface area contributed by atoms with Crippen LogP contribution in [0.4, 0.5) is 0 Å². The average molecular weight is 366 g/mol. The molecule has 0 aliphatic rings. The van der Waals surface area contributed by atoms with Gasteiger partial charge in [0.05, 0.1) is 12.1 Å². The Hall–Kier alpha value is -2.53. The maximum atomic E-state index is 12.2. The van der Waals surface area contributed by atoms with Gasteiger partial charge < -0.3 is 9.73 Å². The average Bonchev–Trinajstić information content (AvgIpc) is 3.01. The predicted octanol–water partition coefficient (Wildman–Crippen LogP) is 4.41. The highest BCUT2D eigenvalue weighted by Crippen LogP contribution is 2.21. The van der Waals surface area contributed by atoms with Gasteiger partial charge in [0, 0.05) is 22.8 Å². The standard InChI is InChI=1S/C21H22N2O2S/c1-15-8-10-18(11-9-15)26-13-12-22-20(24)14-19-16(2)25-21(23-19)17-6-4-3-5-7-17/h3-11H,12-14H2,1-2H3,(H,22,24). The van der Waals surface area contributed by atoms with Gasteiger partial charge >= 0.3 is 0 Å². The van der Waals surface area contributed by atoms with Gasteiger partial charge in [-0.05, 0) is 38.1 Å². The van der Waals surface area contributed by atoms with Crippen LogP contribution in [0.2, 0.25) is 0 Å². The van der Waals surface area contributed by atoms with Crippen LogP contribution >= 0.6 is 11.8 Å². The van der Waals surface area contributed by atoms with Gasteiger partial charge in [-0.15, -0.1) is 11.8 Å². The number of hydrogen-bond acceptors (Lipinski definition) is 4. The van der Waals surface area contributed by atoms with E-state index in [4.69, 9.17) is 4.42 Å². The molecule has 0 aliphatic carbocycles. The van der Waals surface area contributed by atoms with Gasteiger partial charge in [-0.25, -0.2) is 4.98 Å². The van der Waals surface area contributed by atoms with E-state index in [0.29, 0.717) is 23.9 Å². The first-order valence-corrected chi connectivity index (χ1v) is 9.58. The highest BCUT2D eigenvalue weighted by Gasteiger charge is 2.14. The van der Waals surface area contributed by atoms with Crippen LogP contribution in [0.1, 0.15) is 17.0 Å². The smallest absolute Gasteiger partial charge is 0.226 e. The van der Waals surface area contributed by atoms with E-state index in [9.17, 15) is 4.79 Å². The summed E-state index contributed by atoms with van der Waals surface area (Å²) in [4.78, 5) is 17.8. The van der Waals surface area contributed by atoms with Gasteiger partial charge in [0.15, 0.2) is 0 Å². The fraction of sp³-hybridized carbons (Fsp3) is 0.238. The van der Waals surface area contributed by atoms with Gasteiger partial charge in [-0.3, -0.25) is 4.79 Å². The second-order valence-corrected chi connectivity index (χ2v) is 7.24. The van der Waals surface area contributed by atoms with Crippen LogP contribution in [-0.2, 0) is 11.2 Å². The molecule has 3 aromatic rings. The van der Waals surface area contributed by atoms with Crippen LogP contribution in [0, 0.1) is 13.8 Å². The van der Waals surface area contributed by atoms with Crippen molar-refractivity contribution in [1.29, 1.82) is 0 Å². The fourth-order valence-electron chi connectivity index (χ4n) is 2.50. The summed E-state index contributed by atoms with van der Waals surface area (Å²) in [6.07, 6.45) is 0.233. The van der Waals surface area contributed by atoms with E-state index >= 15 is 0 Å². The summed E-state index contributed by atoms with van der Waals surface area (Å²) < 4.78 is 5.70. The molecule has 0 atom stereocenters. The van der Waals surface area contributed by atoms with Crippen LogP contribution < -0.4 is 5.32 Å². The van der Waals surface area contributed by atoms with Crippen LogP contribution in [0.5, 0.6) is 0 Å². The fourth-order valence-corrected chi connectivity index (χ4v) is 3.27. The summed E-state index contributed by atoms with van der Waals surface area (Å²) in [7, 11) is 0. The lowest BCUT2D eigenvalue weighted by Gasteiger charge is -2.05. The van der Waals surface area contributed by atoms with Crippen molar-refractivity contribution in [2.75, 3.05) is 12.3 Å². The van der Waals surface area contributed by atoms with Crippen molar-refractivity contribution in [3.05, 3.63) is 71.6 Å². The lowest BCUT2D eigenvalue weighted by atomic mass is 10.2. The van der Waals surface area contributed by atoms with Gasteiger partial charge in [0.1, 0.15) is 5.76 Å². The van der Waals surface area contributed by atoms with E-state index in [2.05, 4.69) is 41.5 Å². The molecule has 1 aromatic heterocycles. The van der Waals surface area contributed by atoms with Crippen molar-refractivity contribution >= 4 is 17.7 Å². The van der Waals surface area contributed by atoms with Crippen LogP contribution in [-0.4, -0.2) is 23.2 Å². The molecule has 0 bridgehead atoms. The van der Waals surface area contributed by atoms with Crippen molar-refractivity contribution < 1.29 is 9.21 Å². The number of nitrogens with zero attached hydrogens (tertiary/aromatic N) is 1. The summed E-state index contributed by atoms with van der Waals surface area (Å²) in [6.45, 7) is 4.54. The highest BCUT2D eigenvalue weighted by atomic mass is 32.2. The molecule has 0 radical (unpaired) electrons. The zero-order valence-corrected chi connectivity index (χ0v) is 15.8. The third kappa shape index (κ3) is 4.99. The van der Waals surface area contributed by atoms with Gasteiger partial charge in [-0.1, -0.05) is 35.9 Å². The minimum atomic E-state index is -0.0366. The van der Waals surface area contributed by atoms with E-state index in [1.807, 2.05) is 37.3 Å². The molecule has 2 aromatic carbocycles. The quantitative estimate of drug-likeness (QED) is 0.497. The second kappa shape index (κ2) is 8.72. The van der Waals surface area contributed by atoms with Crippen molar-refractivity contribution in [3.8, 4) is 11.5 Å². The predicted molar refractivity (Wildman–Crippen MR) is 105 cm³/mol. The first kappa shape index (κ1) is 18.3. The first-order valence-electron chi connectivity index (χ1n) is 8.60. The molecule has 0 aliphatic heterocycles. The number of oxazole rings is 1. The molecule has 5 heteroatoms. The van der Waals surface area contributed by atoms with E-state index in [0.717, 1.165) is 11.3 Å². The Balaban J connectivity index is 1.47. The van der Waals surface area contributed by atoms with E-state index in [-0.39, 0.29) is 12.3 Å². The summed E-state index contributed by atoms with van der Waals surface area (Å²) >= 11 is 1.73. The molecular formula is C21H22N2O2S. The number of aryl methyl sites for hydroxylation is 2. The molecule has 0 spiro atoms. The molecular weight excluding hydrogens is 344 g/mol. The molecule has 0 unspecified atom stereocenters. The molecule has 134 valence electrons. The Morgan fingerprint density at radius 1 is 1.08 bits per heavy atom. The number of carbonyl (C=O) groups is 1. The summed E-state index contributed by atoms with van der Waals surface area (Å²) in [5, 5.41) is 2.95. The third-order valence-corrected chi connectivity index (χ3v) is 4.97. The zero-order valence-electron chi connectivity index (χ0n) is 15.0. The van der Waals surface area contributed by atoms with Gasteiger partial charge in [0.2, 0.25) is 11.8 Å². The highest BCUT2D eigenvalue weighted by molar-refractivity contribution is 7.99. The Kier molecular flexibility index (Phi) is 6.12. The largest absolute Gasteiger partial charge is 0.441 e. The summed E-state index contributed by atoms with van der Waals surface area (Å²) in [5.74, 6) is 2.04. The number of thioether (sulfide) groups is 1. The van der Waals surface area contributed by atoms with E-state index in [1.54, 1.807) is 11.8 Å². The molecule has 26 heavy (non-hydrogen) atoms. The summed E-state index contributed by atoms with van der Waals surface area (Å²) in [5.41, 5.74) is 2.85. The topological polar surface area (TPSA) is 55.1 Å². The molecule has 1 heterocycles. The number of carbonyl (C=O) groups excluding carboxylic acids is 1. The van der Waals surface area contributed by atoms with Crippen molar-refractivity contribution in [3.63, 3.8) is 0 Å². The maximum Gasteiger partial charge on any atom is 0.226 e. The molecule has 0 saturated heterocycles. The van der Waals surface area contributed by atoms with Crippen molar-refractivity contribution in [2.24, 2.45) is 0 Å². The molecule has 0 saturated carbocycles. The lowest BCUT2D eigenvalue weighted by Crippen LogP contribution is -2.27. The van der Waals surface area contributed by atoms with Crippen LogP contribution in [0.15, 0.2) is 63.9 Å². The van der Waals surface area contributed by atoms with Gasteiger partial charge in [-0.2, -0.15) is 0 Å². The first-order chi connectivity index (χ1) is 12.6. The summed E-state index contributed by atoms with van der Waals surface area (Å²) in [6, 6.07) is 18.1. The number of rotatable bonds is 7. The minimum Gasteiger partial charge on any atom is -0.441 e. The van der Waals surface area contributed by atoms with Gasteiger partial charge in [0.25, 0.3) is 0 Å². The molecule has 0 fully saturated rings. The van der Waals surface area contributed by atoms with E-state index < -0.39 is 0 Å². The molecule has 4 nitrogen and oxygen atoms in total. The SMILES string of the molecule is Cc1ccc(SCCNC(=O)Cc2nc(-c3ccccc3)oc2C)cc1. The maximum absolute atomic E-state index is 12.2. The number of hydrogen-bond donors (Lipinski definition) is 1. The number of nitrogens with one attached hydrogen (secondary N) is 1. The van der Waals surface area contributed by atoms with E-state index in [1.165, 1.54) is 10.5 Å². The Bertz CT molecular complexity index is 857. The lowest BCUT2D eigenvalue weighted by molar-refractivity contribution is -0.120. The molecule has 3 rings (SSSR count). The number of amides is 1. The van der Waals surface area contributed by atoms with Crippen molar-refractivity contribution in [1.82, 2.24) is 10.3 Å². The molecule has 1 amide bonds. The monoisotopic (exact) mass is 366 g/mol. The Morgan fingerprint density at radius 2 is 1.81 bits per heavy atom. The number of benzene rings is 2. The third-order valence-electron chi connectivity index (χ3n) is 3.96.